The normalized spacial score (nSPS) is 19.9. The van der Waals surface area contributed by atoms with E-state index in [0.29, 0.717) is 0 Å². The third-order valence-electron chi connectivity index (χ3n) is 4.56. The Kier molecular flexibility index (Phi) is 4.83. The lowest BCUT2D eigenvalue weighted by molar-refractivity contribution is -0.131. The highest BCUT2D eigenvalue weighted by atomic mass is 16.6. The number of imide groups is 1. The van der Waals surface area contributed by atoms with Gasteiger partial charge in [-0.2, -0.15) is 0 Å². The number of carbonyl (C=O) groups is 2. The van der Waals surface area contributed by atoms with Crippen molar-refractivity contribution in [1.29, 1.82) is 0 Å². The Labute approximate surface area is 138 Å². The van der Waals surface area contributed by atoms with Crippen LogP contribution in [0, 0.1) is 5.92 Å². The van der Waals surface area contributed by atoms with Crippen molar-refractivity contribution in [1.82, 2.24) is 4.90 Å². The zero-order valence-electron chi connectivity index (χ0n) is 14.9. The van der Waals surface area contributed by atoms with Crippen LogP contribution < -0.4 is 0 Å². The van der Waals surface area contributed by atoms with E-state index >= 15 is 0 Å². The van der Waals surface area contributed by atoms with Crippen LogP contribution >= 0.6 is 0 Å². The minimum absolute atomic E-state index is 0.0767. The molecule has 0 aliphatic carbocycles. The topological polar surface area (TPSA) is 46.6 Å². The summed E-state index contributed by atoms with van der Waals surface area (Å²) >= 11 is 0. The maximum atomic E-state index is 12.8. The molecule has 1 aliphatic rings. The number of ether oxygens (including phenoxy) is 1. The average molecular weight is 317 g/mol. The van der Waals surface area contributed by atoms with Crippen LogP contribution in [0.25, 0.3) is 0 Å². The third kappa shape index (κ3) is 3.57. The molecule has 0 saturated carbocycles. The molecule has 23 heavy (non-hydrogen) atoms. The van der Waals surface area contributed by atoms with Gasteiger partial charge in [0.05, 0.1) is 12.0 Å². The van der Waals surface area contributed by atoms with Crippen molar-refractivity contribution in [2.45, 2.75) is 58.9 Å². The lowest BCUT2D eigenvalue weighted by Crippen LogP contribution is -2.43. The van der Waals surface area contributed by atoms with Crippen molar-refractivity contribution >= 4 is 12.0 Å². The lowest BCUT2D eigenvalue weighted by atomic mass is 9.85. The molecule has 1 aromatic rings. The standard InChI is InChI=1S/C19H27NO3/c1-12(2)16-11-23-18(22)20(16)17(21)13(3)14-7-9-15(10-8-14)19(4,5)6/h7-10,12-13,16H,11H2,1-6H3/t13-,16+/m1/s1. The van der Waals surface area contributed by atoms with Crippen LogP contribution in [0.4, 0.5) is 4.79 Å². The molecule has 2 amide bonds. The number of amides is 2. The summed E-state index contributed by atoms with van der Waals surface area (Å²) in [6, 6.07) is 7.90. The van der Waals surface area contributed by atoms with E-state index in [1.165, 1.54) is 10.5 Å². The molecule has 2 rings (SSSR count). The van der Waals surface area contributed by atoms with E-state index in [9.17, 15) is 9.59 Å². The van der Waals surface area contributed by atoms with Gasteiger partial charge in [0, 0.05) is 0 Å². The molecule has 1 saturated heterocycles. The molecular formula is C19H27NO3. The summed E-state index contributed by atoms with van der Waals surface area (Å²) in [6.45, 7) is 12.6. The first kappa shape index (κ1) is 17.5. The number of hydrogen-bond acceptors (Lipinski definition) is 3. The first-order chi connectivity index (χ1) is 10.6. The van der Waals surface area contributed by atoms with Gasteiger partial charge in [0.15, 0.2) is 0 Å². The molecule has 1 fully saturated rings. The van der Waals surface area contributed by atoms with Gasteiger partial charge in [0.1, 0.15) is 6.61 Å². The molecule has 4 heteroatoms. The van der Waals surface area contributed by atoms with Gasteiger partial charge >= 0.3 is 6.09 Å². The van der Waals surface area contributed by atoms with E-state index in [2.05, 4.69) is 32.9 Å². The van der Waals surface area contributed by atoms with Crippen molar-refractivity contribution in [2.24, 2.45) is 5.92 Å². The molecular weight excluding hydrogens is 290 g/mol. The summed E-state index contributed by atoms with van der Waals surface area (Å²) in [6.07, 6.45) is -0.521. The fourth-order valence-corrected chi connectivity index (χ4v) is 2.80. The number of benzene rings is 1. The second-order valence-corrected chi connectivity index (χ2v) is 7.69. The summed E-state index contributed by atoms with van der Waals surface area (Å²) in [5.74, 6) is -0.369. The predicted octanol–water partition coefficient (Wildman–Crippen LogP) is 4.09. The molecule has 0 N–H and O–H groups in total. The van der Waals surface area contributed by atoms with Gasteiger partial charge < -0.3 is 4.74 Å². The Morgan fingerprint density at radius 2 is 1.74 bits per heavy atom. The number of cyclic esters (lactones) is 1. The molecule has 1 aliphatic heterocycles. The highest BCUT2D eigenvalue weighted by Crippen LogP contribution is 2.28. The molecule has 1 aromatic carbocycles. The van der Waals surface area contributed by atoms with Crippen molar-refractivity contribution in [2.75, 3.05) is 6.61 Å². The molecule has 0 bridgehead atoms. The van der Waals surface area contributed by atoms with Crippen molar-refractivity contribution < 1.29 is 14.3 Å². The van der Waals surface area contributed by atoms with E-state index < -0.39 is 6.09 Å². The second kappa shape index (κ2) is 6.34. The fourth-order valence-electron chi connectivity index (χ4n) is 2.80. The average Bonchev–Trinajstić information content (AvgIpc) is 2.87. The van der Waals surface area contributed by atoms with Crippen LogP contribution in [0.3, 0.4) is 0 Å². The number of nitrogens with zero attached hydrogens (tertiary/aromatic N) is 1. The molecule has 0 unspecified atom stereocenters. The van der Waals surface area contributed by atoms with Crippen LogP contribution in [0.1, 0.15) is 58.6 Å². The summed E-state index contributed by atoms with van der Waals surface area (Å²) in [7, 11) is 0. The lowest BCUT2D eigenvalue weighted by Gasteiger charge is -2.26. The molecule has 0 aromatic heterocycles. The highest BCUT2D eigenvalue weighted by molar-refractivity contribution is 5.97. The zero-order valence-corrected chi connectivity index (χ0v) is 14.9. The van der Waals surface area contributed by atoms with Gasteiger partial charge in [-0.05, 0) is 29.4 Å². The summed E-state index contributed by atoms with van der Waals surface area (Å²) in [5.41, 5.74) is 2.22. The van der Waals surface area contributed by atoms with Gasteiger partial charge in [0.2, 0.25) is 5.91 Å². The van der Waals surface area contributed by atoms with Crippen LogP contribution in [0.5, 0.6) is 0 Å². The maximum Gasteiger partial charge on any atom is 0.417 e. The second-order valence-electron chi connectivity index (χ2n) is 7.69. The van der Waals surface area contributed by atoms with Crippen molar-refractivity contribution in [3.8, 4) is 0 Å². The molecule has 4 nitrogen and oxygen atoms in total. The van der Waals surface area contributed by atoms with Gasteiger partial charge in [0.25, 0.3) is 0 Å². The van der Waals surface area contributed by atoms with Gasteiger partial charge in [-0.1, -0.05) is 58.9 Å². The summed E-state index contributed by atoms with van der Waals surface area (Å²) < 4.78 is 5.08. The van der Waals surface area contributed by atoms with Gasteiger partial charge in [-0.3, -0.25) is 4.79 Å². The molecule has 0 spiro atoms. The Morgan fingerprint density at radius 1 is 1.17 bits per heavy atom. The highest BCUT2D eigenvalue weighted by Gasteiger charge is 2.41. The van der Waals surface area contributed by atoms with Crippen LogP contribution in [0.2, 0.25) is 0 Å². The SMILES string of the molecule is CC(C)[C@@H]1COC(=O)N1C(=O)[C@H](C)c1ccc(C(C)(C)C)cc1. The van der Waals surface area contributed by atoms with Gasteiger partial charge in [-0.25, -0.2) is 9.69 Å². The maximum absolute atomic E-state index is 12.8. The summed E-state index contributed by atoms with van der Waals surface area (Å²) in [5, 5.41) is 0. The molecule has 0 radical (unpaired) electrons. The monoisotopic (exact) mass is 317 g/mol. The fraction of sp³-hybridized carbons (Fsp3) is 0.579. The third-order valence-corrected chi connectivity index (χ3v) is 4.56. The van der Waals surface area contributed by atoms with E-state index in [1.807, 2.05) is 32.9 Å². The predicted molar refractivity (Wildman–Crippen MR) is 90.4 cm³/mol. The Bertz CT molecular complexity index is 584. The van der Waals surface area contributed by atoms with E-state index in [-0.39, 0.29) is 35.8 Å². The number of hydrogen-bond donors (Lipinski definition) is 0. The van der Waals surface area contributed by atoms with E-state index in [4.69, 9.17) is 4.74 Å². The Hall–Kier alpha value is -1.84. The zero-order chi connectivity index (χ0) is 17.4. The van der Waals surface area contributed by atoms with Crippen LogP contribution in [0.15, 0.2) is 24.3 Å². The summed E-state index contributed by atoms with van der Waals surface area (Å²) in [4.78, 5) is 26.0. The Morgan fingerprint density at radius 3 is 2.22 bits per heavy atom. The van der Waals surface area contributed by atoms with E-state index in [1.54, 1.807) is 0 Å². The van der Waals surface area contributed by atoms with Crippen LogP contribution in [-0.4, -0.2) is 29.5 Å². The van der Waals surface area contributed by atoms with Crippen molar-refractivity contribution in [3.63, 3.8) is 0 Å². The van der Waals surface area contributed by atoms with Gasteiger partial charge in [-0.15, -0.1) is 0 Å². The van der Waals surface area contributed by atoms with Crippen molar-refractivity contribution in [3.05, 3.63) is 35.4 Å². The minimum Gasteiger partial charge on any atom is -0.447 e. The van der Waals surface area contributed by atoms with E-state index in [0.717, 1.165) is 5.56 Å². The minimum atomic E-state index is -0.521. The number of rotatable bonds is 3. The molecule has 126 valence electrons. The quantitative estimate of drug-likeness (QED) is 0.843. The van der Waals surface area contributed by atoms with Crippen LogP contribution in [-0.2, 0) is 14.9 Å². The first-order valence-corrected chi connectivity index (χ1v) is 8.23. The first-order valence-electron chi connectivity index (χ1n) is 8.23. The molecule has 1 heterocycles. The largest absolute Gasteiger partial charge is 0.447 e. The molecule has 2 atom stereocenters. The Balaban J connectivity index is 2.20. The number of carbonyl (C=O) groups excluding carboxylic acids is 2. The smallest absolute Gasteiger partial charge is 0.417 e.